The van der Waals surface area contributed by atoms with Crippen LogP contribution in [-0.2, 0) is 0 Å². The lowest BCUT2D eigenvalue weighted by molar-refractivity contribution is -0.383. The first-order valence-electron chi connectivity index (χ1n) is 5.62. The molecule has 0 aromatic carbocycles. The van der Waals surface area contributed by atoms with E-state index in [0.717, 1.165) is 6.42 Å². The third-order valence-electron chi connectivity index (χ3n) is 2.20. The number of anilines is 3. The lowest BCUT2D eigenvalue weighted by atomic mass is 10.4. The molecule has 2 N–H and O–H groups in total. The third kappa shape index (κ3) is 3.13. The normalized spacial score (nSPS) is 10.2. The Kier molecular flexibility index (Phi) is 4.18. The molecule has 0 aliphatic rings. The summed E-state index contributed by atoms with van der Waals surface area (Å²) in [5, 5.41) is 19.2. The van der Waals surface area contributed by atoms with Gasteiger partial charge >= 0.3 is 5.69 Å². The number of nitrogens with zero attached hydrogens (tertiary/aromatic N) is 4. The van der Waals surface area contributed by atoms with Gasteiger partial charge in [0.1, 0.15) is 6.33 Å². The summed E-state index contributed by atoms with van der Waals surface area (Å²) in [6.45, 7) is 2.57. The van der Waals surface area contributed by atoms with Crippen molar-refractivity contribution in [2.75, 3.05) is 17.2 Å². The summed E-state index contributed by atoms with van der Waals surface area (Å²) < 4.78 is 0. The number of hydrogen-bond acceptors (Lipinski definition) is 8. The Balaban J connectivity index is 2.33. The van der Waals surface area contributed by atoms with Gasteiger partial charge < -0.3 is 10.6 Å². The van der Waals surface area contributed by atoms with Crippen LogP contribution in [0.3, 0.4) is 0 Å². The molecule has 0 aliphatic heterocycles. The van der Waals surface area contributed by atoms with E-state index in [1.807, 2.05) is 6.92 Å². The van der Waals surface area contributed by atoms with Gasteiger partial charge in [-0.05, 0) is 6.42 Å². The number of hydrogen-bond donors (Lipinski definition) is 2. The minimum absolute atomic E-state index is 0.133. The highest BCUT2D eigenvalue weighted by atomic mass is 32.1. The molecule has 0 saturated heterocycles. The van der Waals surface area contributed by atoms with Gasteiger partial charge in [0.2, 0.25) is 11.6 Å². The Hall–Kier alpha value is -2.29. The van der Waals surface area contributed by atoms with E-state index in [9.17, 15) is 10.1 Å². The predicted octanol–water partition coefficient (Wildman–Crippen LogP) is 2.41. The van der Waals surface area contributed by atoms with E-state index in [0.29, 0.717) is 11.7 Å². The zero-order chi connectivity index (χ0) is 13.7. The lowest BCUT2D eigenvalue weighted by Gasteiger charge is -2.07. The Bertz CT molecular complexity index is 559. The van der Waals surface area contributed by atoms with Crippen molar-refractivity contribution in [3.05, 3.63) is 28.0 Å². The summed E-state index contributed by atoms with van der Waals surface area (Å²) in [5.74, 6) is 0.342. The molecule has 100 valence electrons. The lowest BCUT2D eigenvalue weighted by Crippen LogP contribution is -2.08. The molecule has 2 rings (SSSR count). The molecule has 0 saturated carbocycles. The molecule has 0 aliphatic carbocycles. The monoisotopic (exact) mass is 280 g/mol. The number of nitro groups is 1. The van der Waals surface area contributed by atoms with Gasteiger partial charge in [-0.3, -0.25) is 10.1 Å². The van der Waals surface area contributed by atoms with Crippen molar-refractivity contribution < 1.29 is 4.92 Å². The second kappa shape index (κ2) is 6.05. The Morgan fingerprint density at radius 1 is 1.37 bits per heavy atom. The molecule has 0 bridgehead atoms. The average molecular weight is 280 g/mol. The van der Waals surface area contributed by atoms with Gasteiger partial charge in [-0.15, -0.1) is 11.3 Å². The summed E-state index contributed by atoms with van der Waals surface area (Å²) in [5.41, 5.74) is -0.175. The van der Waals surface area contributed by atoms with Crippen molar-refractivity contribution in [2.24, 2.45) is 0 Å². The molecule has 19 heavy (non-hydrogen) atoms. The first-order valence-corrected chi connectivity index (χ1v) is 6.50. The molecule has 2 aromatic rings. The van der Waals surface area contributed by atoms with E-state index in [4.69, 9.17) is 0 Å². The van der Waals surface area contributed by atoms with E-state index in [1.165, 1.54) is 17.7 Å². The molecular weight excluding hydrogens is 268 g/mol. The quantitative estimate of drug-likeness (QED) is 0.618. The van der Waals surface area contributed by atoms with Crippen LogP contribution >= 0.6 is 11.3 Å². The molecule has 0 spiro atoms. The average Bonchev–Trinajstić information content (AvgIpc) is 2.89. The first kappa shape index (κ1) is 13.1. The van der Waals surface area contributed by atoms with Gasteiger partial charge in [-0.2, -0.15) is 0 Å². The maximum atomic E-state index is 11.2. The second-order valence-corrected chi connectivity index (χ2v) is 4.46. The van der Waals surface area contributed by atoms with Gasteiger partial charge in [0.25, 0.3) is 0 Å². The Morgan fingerprint density at radius 3 is 2.79 bits per heavy atom. The van der Waals surface area contributed by atoms with Crippen molar-refractivity contribution >= 4 is 33.8 Å². The fourth-order valence-corrected chi connectivity index (χ4v) is 1.93. The maximum Gasteiger partial charge on any atom is 0.353 e. The molecule has 2 aromatic heterocycles. The summed E-state index contributed by atoms with van der Waals surface area (Å²) in [6, 6.07) is 0. The summed E-state index contributed by atoms with van der Waals surface area (Å²) >= 11 is 1.34. The highest BCUT2D eigenvalue weighted by Crippen LogP contribution is 2.31. The zero-order valence-corrected chi connectivity index (χ0v) is 11.0. The van der Waals surface area contributed by atoms with Crippen LogP contribution < -0.4 is 10.6 Å². The van der Waals surface area contributed by atoms with Gasteiger partial charge in [0.15, 0.2) is 5.13 Å². The highest BCUT2D eigenvalue weighted by Gasteiger charge is 2.23. The summed E-state index contributed by atoms with van der Waals surface area (Å²) in [7, 11) is 0. The van der Waals surface area contributed by atoms with E-state index in [-0.39, 0.29) is 17.3 Å². The molecule has 0 amide bonds. The fraction of sp³-hybridized carbons (Fsp3) is 0.300. The molecule has 8 nitrogen and oxygen atoms in total. The van der Waals surface area contributed by atoms with Gasteiger partial charge in [0.05, 0.1) is 4.92 Å². The van der Waals surface area contributed by atoms with Crippen LogP contribution in [0.5, 0.6) is 0 Å². The number of aromatic nitrogens is 3. The van der Waals surface area contributed by atoms with E-state index >= 15 is 0 Å². The second-order valence-electron chi connectivity index (χ2n) is 3.57. The standard InChI is InChI=1S/C10H12N6O2S/c1-2-3-11-8-7(16(17)18)9(14-6-13-8)15-10-12-4-5-19-10/h4-6H,2-3H2,1H3,(H2,11,12,13,14,15). The first-order chi connectivity index (χ1) is 9.22. The summed E-state index contributed by atoms with van der Waals surface area (Å²) in [6.07, 6.45) is 3.73. The molecule has 0 fully saturated rings. The zero-order valence-electron chi connectivity index (χ0n) is 10.2. The van der Waals surface area contributed by atoms with Crippen molar-refractivity contribution in [3.63, 3.8) is 0 Å². The van der Waals surface area contributed by atoms with Crippen LogP contribution in [0.1, 0.15) is 13.3 Å². The molecule has 0 atom stereocenters. The van der Waals surface area contributed by atoms with Crippen LogP contribution in [0.4, 0.5) is 22.5 Å². The van der Waals surface area contributed by atoms with Crippen molar-refractivity contribution in [1.29, 1.82) is 0 Å². The number of nitrogens with one attached hydrogen (secondary N) is 2. The van der Waals surface area contributed by atoms with E-state index in [1.54, 1.807) is 11.6 Å². The van der Waals surface area contributed by atoms with Crippen LogP contribution in [0.15, 0.2) is 17.9 Å². The minimum atomic E-state index is -0.506. The van der Waals surface area contributed by atoms with Crippen molar-refractivity contribution in [2.45, 2.75) is 13.3 Å². The minimum Gasteiger partial charge on any atom is -0.364 e. The molecule has 0 unspecified atom stereocenters. The molecule has 0 radical (unpaired) electrons. The number of rotatable bonds is 6. The SMILES string of the molecule is CCCNc1ncnc(Nc2nccs2)c1[N+](=O)[O-]. The third-order valence-corrected chi connectivity index (χ3v) is 2.89. The fourth-order valence-electron chi connectivity index (χ4n) is 1.40. The van der Waals surface area contributed by atoms with Crippen LogP contribution in [-0.4, -0.2) is 26.4 Å². The number of thiazole rings is 1. The Labute approximate surface area is 113 Å². The van der Waals surface area contributed by atoms with Crippen LogP contribution in [0.2, 0.25) is 0 Å². The maximum absolute atomic E-state index is 11.2. The summed E-state index contributed by atoms with van der Waals surface area (Å²) in [4.78, 5) is 22.5. The van der Waals surface area contributed by atoms with Crippen LogP contribution in [0, 0.1) is 10.1 Å². The van der Waals surface area contributed by atoms with Crippen LogP contribution in [0.25, 0.3) is 0 Å². The van der Waals surface area contributed by atoms with E-state index < -0.39 is 4.92 Å². The van der Waals surface area contributed by atoms with Gasteiger partial charge in [0, 0.05) is 18.1 Å². The molecular formula is C10H12N6O2S. The van der Waals surface area contributed by atoms with E-state index in [2.05, 4.69) is 25.6 Å². The van der Waals surface area contributed by atoms with Crippen molar-refractivity contribution in [1.82, 2.24) is 15.0 Å². The van der Waals surface area contributed by atoms with Gasteiger partial charge in [-0.25, -0.2) is 15.0 Å². The largest absolute Gasteiger partial charge is 0.364 e. The Morgan fingerprint density at radius 2 is 2.16 bits per heavy atom. The molecule has 9 heteroatoms. The topological polar surface area (TPSA) is 106 Å². The smallest absolute Gasteiger partial charge is 0.353 e. The molecule has 2 heterocycles. The predicted molar refractivity (Wildman–Crippen MR) is 72.9 cm³/mol. The van der Waals surface area contributed by atoms with Gasteiger partial charge in [-0.1, -0.05) is 6.92 Å². The highest BCUT2D eigenvalue weighted by molar-refractivity contribution is 7.13. The van der Waals surface area contributed by atoms with Crippen molar-refractivity contribution in [3.8, 4) is 0 Å².